The molecule has 0 aromatic heterocycles. The number of nitriles is 1. The fourth-order valence-corrected chi connectivity index (χ4v) is 2.56. The average molecular weight is 411 g/mol. The Morgan fingerprint density at radius 3 is 2.37 bits per heavy atom. The first-order valence-electron chi connectivity index (χ1n) is 8.55. The number of phenolic OH excluding ortho intramolecular Hbond substituents is 2. The Balaban J connectivity index is 2.26. The van der Waals surface area contributed by atoms with Crippen LogP contribution in [0.3, 0.4) is 0 Å². The minimum Gasteiger partial charge on any atom is -0.506 e. The number of likely N-dealkylation sites (N-methyl/N-ethyl adjacent to an activating group) is 1. The van der Waals surface area contributed by atoms with E-state index in [2.05, 4.69) is 0 Å². The number of amides is 1. The van der Waals surface area contributed by atoms with E-state index in [9.17, 15) is 40.3 Å². The summed E-state index contributed by atoms with van der Waals surface area (Å²) in [4.78, 5) is 35.7. The number of rotatable bonds is 7. The summed E-state index contributed by atoms with van der Waals surface area (Å²) in [5.74, 6) is -3.98. The Bertz CT molecular complexity index is 1070. The van der Waals surface area contributed by atoms with Gasteiger partial charge in [-0.3, -0.25) is 19.7 Å². The van der Waals surface area contributed by atoms with Gasteiger partial charge in [0.05, 0.1) is 4.92 Å². The van der Waals surface area contributed by atoms with Crippen molar-refractivity contribution >= 4 is 23.1 Å². The van der Waals surface area contributed by atoms with Gasteiger partial charge in [-0.15, -0.1) is 0 Å². The van der Waals surface area contributed by atoms with E-state index in [1.807, 2.05) is 0 Å². The molecule has 0 spiro atoms. The lowest BCUT2D eigenvalue weighted by molar-refractivity contribution is -0.386. The van der Waals surface area contributed by atoms with Crippen molar-refractivity contribution in [3.8, 4) is 17.6 Å². The summed E-state index contributed by atoms with van der Waals surface area (Å²) in [6.45, 7) is -0.0496. The standard InChI is InChI=1S/C20H17N3O7/c1-22(8-7-16(24)12-5-3-2-4-6-12)20(28)14(11-21)18(26)13-9-15(23(29)30)19(27)17(25)10-13/h2-6,9-10,25-27H,7-8H2,1H3/b18-14-. The van der Waals surface area contributed by atoms with Crippen LogP contribution in [-0.4, -0.2) is 50.4 Å². The number of nitrogens with zero attached hydrogens (tertiary/aromatic N) is 3. The first kappa shape index (κ1) is 21.9. The average Bonchev–Trinajstić information content (AvgIpc) is 2.74. The first-order chi connectivity index (χ1) is 14.2. The van der Waals surface area contributed by atoms with Gasteiger partial charge in [-0.05, 0) is 6.07 Å². The number of aliphatic hydroxyl groups excluding tert-OH is 1. The minimum atomic E-state index is -1.02. The van der Waals surface area contributed by atoms with Crippen LogP contribution in [0.15, 0.2) is 48.0 Å². The van der Waals surface area contributed by atoms with Gasteiger partial charge in [-0.25, -0.2) is 0 Å². The smallest absolute Gasteiger partial charge is 0.315 e. The van der Waals surface area contributed by atoms with Crippen LogP contribution in [0.4, 0.5) is 5.69 Å². The van der Waals surface area contributed by atoms with Gasteiger partial charge in [0.2, 0.25) is 5.75 Å². The number of phenols is 2. The zero-order chi connectivity index (χ0) is 22.4. The Labute approximate surface area is 170 Å². The number of ketones is 1. The summed E-state index contributed by atoms with van der Waals surface area (Å²) in [5.41, 5.74) is -1.60. The quantitative estimate of drug-likeness (QED) is 0.119. The number of nitro benzene ring substituents is 1. The van der Waals surface area contributed by atoms with Crippen LogP contribution in [0.2, 0.25) is 0 Å². The molecule has 10 nitrogen and oxygen atoms in total. The topological polar surface area (TPSA) is 165 Å². The highest BCUT2D eigenvalue weighted by molar-refractivity contribution is 6.04. The van der Waals surface area contributed by atoms with E-state index in [4.69, 9.17) is 0 Å². The normalized spacial score (nSPS) is 11.2. The van der Waals surface area contributed by atoms with Crippen LogP contribution in [0, 0.1) is 21.4 Å². The highest BCUT2D eigenvalue weighted by atomic mass is 16.6. The van der Waals surface area contributed by atoms with Crippen molar-refractivity contribution in [1.29, 1.82) is 5.26 Å². The van der Waals surface area contributed by atoms with Crippen molar-refractivity contribution in [1.82, 2.24) is 4.90 Å². The molecule has 10 heteroatoms. The molecule has 3 N–H and O–H groups in total. The molecule has 0 bridgehead atoms. The summed E-state index contributed by atoms with van der Waals surface area (Å²) in [5, 5.41) is 49.7. The monoisotopic (exact) mass is 411 g/mol. The highest BCUT2D eigenvalue weighted by Crippen LogP contribution is 2.38. The summed E-state index contributed by atoms with van der Waals surface area (Å²) in [6, 6.07) is 11.4. The van der Waals surface area contributed by atoms with Crippen LogP contribution in [0.5, 0.6) is 11.5 Å². The SMILES string of the molecule is CN(CCC(=O)c1ccccc1)C(=O)/C(C#N)=C(\O)c1cc(O)c(O)c([N+](=O)[O-])c1. The van der Waals surface area contributed by atoms with Gasteiger partial charge in [-0.1, -0.05) is 30.3 Å². The van der Waals surface area contributed by atoms with Gasteiger partial charge in [0.15, 0.2) is 17.1 Å². The van der Waals surface area contributed by atoms with Crippen LogP contribution >= 0.6 is 0 Å². The number of aromatic hydroxyl groups is 2. The van der Waals surface area contributed by atoms with E-state index < -0.39 is 44.9 Å². The predicted molar refractivity (Wildman–Crippen MR) is 105 cm³/mol. The lowest BCUT2D eigenvalue weighted by Gasteiger charge is -2.17. The zero-order valence-corrected chi connectivity index (χ0v) is 15.8. The van der Waals surface area contributed by atoms with Gasteiger partial charge in [0.25, 0.3) is 5.91 Å². The molecule has 0 saturated heterocycles. The Hall–Kier alpha value is -4.39. The van der Waals surface area contributed by atoms with Gasteiger partial charge in [0, 0.05) is 37.2 Å². The second kappa shape index (κ2) is 9.20. The van der Waals surface area contributed by atoms with E-state index in [1.165, 1.54) is 13.1 Å². The summed E-state index contributed by atoms with van der Waals surface area (Å²) >= 11 is 0. The van der Waals surface area contributed by atoms with Crippen LogP contribution in [0.25, 0.3) is 5.76 Å². The van der Waals surface area contributed by atoms with Crippen molar-refractivity contribution < 1.29 is 29.8 Å². The molecule has 30 heavy (non-hydrogen) atoms. The molecular weight excluding hydrogens is 394 g/mol. The maximum Gasteiger partial charge on any atom is 0.315 e. The Morgan fingerprint density at radius 1 is 1.17 bits per heavy atom. The molecule has 0 fully saturated rings. The molecule has 2 aromatic carbocycles. The van der Waals surface area contributed by atoms with Crippen LogP contribution < -0.4 is 0 Å². The van der Waals surface area contributed by atoms with Crippen LogP contribution in [0.1, 0.15) is 22.3 Å². The van der Waals surface area contributed by atoms with Gasteiger partial charge in [-0.2, -0.15) is 5.26 Å². The Morgan fingerprint density at radius 2 is 1.80 bits per heavy atom. The third kappa shape index (κ3) is 4.71. The molecule has 154 valence electrons. The van der Waals surface area contributed by atoms with Crippen molar-refractivity contribution in [3.63, 3.8) is 0 Å². The fraction of sp³-hybridized carbons (Fsp3) is 0.150. The van der Waals surface area contributed by atoms with E-state index in [-0.39, 0.29) is 18.7 Å². The molecule has 0 heterocycles. The molecule has 1 amide bonds. The number of hydrogen-bond donors (Lipinski definition) is 3. The fourth-order valence-electron chi connectivity index (χ4n) is 2.56. The van der Waals surface area contributed by atoms with E-state index >= 15 is 0 Å². The molecule has 0 unspecified atom stereocenters. The maximum absolute atomic E-state index is 12.5. The van der Waals surface area contributed by atoms with Crippen molar-refractivity contribution in [2.75, 3.05) is 13.6 Å². The largest absolute Gasteiger partial charge is 0.506 e. The minimum absolute atomic E-state index is 0.0306. The molecule has 2 rings (SSSR count). The van der Waals surface area contributed by atoms with E-state index in [1.54, 1.807) is 30.3 Å². The summed E-state index contributed by atoms with van der Waals surface area (Å²) < 4.78 is 0. The molecule has 0 aliphatic rings. The van der Waals surface area contributed by atoms with Crippen molar-refractivity contribution in [2.24, 2.45) is 0 Å². The van der Waals surface area contributed by atoms with E-state index in [0.29, 0.717) is 11.6 Å². The van der Waals surface area contributed by atoms with Gasteiger partial charge >= 0.3 is 5.69 Å². The van der Waals surface area contributed by atoms with E-state index in [0.717, 1.165) is 11.0 Å². The number of carbonyl (C=O) groups excluding carboxylic acids is 2. The molecule has 0 aliphatic carbocycles. The number of Topliss-reactive ketones (excluding diaryl/α,β-unsaturated/α-hetero) is 1. The molecular formula is C20H17N3O7. The molecule has 0 atom stereocenters. The number of aliphatic hydroxyl groups is 1. The second-order valence-electron chi connectivity index (χ2n) is 6.22. The zero-order valence-electron chi connectivity index (χ0n) is 15.8. The lowest BCUT2D eigenvalue weighted by atomic mass is 10.1. The lowest BCUT2D eigenvalue weighted by Crippen LogP contribution is -2.30. The van der Waals surface area contributed by atoms with Gasteiger partial charge < -0.3 is 20.2 Å². The predicted octanol–water partition coefficient (Wildman–Crippen LogP) is 2.53. The highest BCUT2D eigenvalue weighted by Gasteiger charge is 2.25. The first-order valence-corrected chi connectivity index (χ1v) is 8.55. The molecule has 0 radical (unpaired) electrons. The summed E-state index contributed by atoms with van der Waals surface area (Å²) in [6.07, 6.45) is -0.0306. The number of hydrogen-bond acceptors (Lipinski definition) is 8. The van der Waals surface area contributed by atoms with Crippen molar-refractivity contribution in [2.45, 2.75) is 6.42 Å². The second-order valence-corrected chi connectivity index (χ2v) is 6.22. The molecule has 0 aliphatic heterocycles. The van der Waals surface area contributed by atoms with Gasteiger partial charge in [0.1, 0.15) is 11.8 Å². The van der Waals surface area contributed by atoms with Crippen LogP contribution in [-0.2, 0) is 4.79 Å². The summed E-state index contributed by atoms with van der Waals surface area (Å²) in [7, 11) is 1.32. The third-order valence-electron chi connectivity index (χ3n) is 4.22. The molecule has 0 saturated carbocycles. The number of benzene rings is 2. The third-order valence-corrected chi connectivity index (χ3v) is 4.22. The number of nitro groups is 1. The van der Waals surface area contributed by atoms with Crippen molar-refractivity contribution in [3.05, 3.63) is 69.3 Å². The molecule has 2 aromatic rings. The Kier molecular flexibility index (Phi) is 6.72. The maximum atomic E-state index is 12.5. The number of carbonyl (C=O) groups is 2.